The molecule has 7 nitrogen and oxygen atoms in total. The summed E-state index contributed by atoms with van der Waals surface area (Å²) < 4.78 is 11.3. The van der Waals surface area contributed by atoms with Crippen LogP contribution in [0.15, 0.2) is 12.1 Å². The molecule has 0 amide bonds. The molecule has 0 aliphatic rings. The van der Waals surface area contributed by atoms with Crippen LogP contribution in [0.3, 0.4) is 0 Å². The van der Waals surface area contributed by atoms with Gasteiger partial charge in [0.05, 0.1) is 13.2 Å². The fourth-order valence-corrected chi connectivity index (χ4v) is 2.83. The SMILES string of the molecule is CCOc1cc(CC)c(OCCCCCC(C)(C)c2nn[n-]n2)cc1O.[Na+]. The number of nitrogens with zero attached hydrogens (tertiary/aromatic N) is 4. The van der Waals surface area contributed by atoms with Gasteiger partial charge in [0.1, 0.15) is 5.75 Å². The van der Waals surface area contributed by atoms with Crippen LogP contribution in [0.5, 0.6) is 17.2 Å². The number of phenols is 1. The molecule has 1 N–H and O–H groups in total. The number of ether oxygens (including phenoxy) is 2. The van der Waals surface area contributed by atoms with Crippen molar-refractivity contribution in [2.75, 3.05) is 13.2 Å². The number of rotatable bonds is 11. The quantitative estimate of drug-likeness (QED) is 0.443. The van der Waals surface area contributed by atoms with E-state index in [0.717, 1.165) is 43.4 Å². The van der Waals surface area contributed by atoms with Gasteiger partial charge in [-0.1, -0.05) is 33.6 Å². The molecule has 0 aliphatic heterocycles. The molecule has 8 heteroatoms. The molecule has 0 bridgehead atoms. The molecule has 0 unspecified atom stereocenters. The van der Waals surface area contributed by atoms with Crippen molar-refractivity contribution in [2.24, 2.45) is 0 Å². The van der Waals surface area contributed by atoms with Gasteiger partial charge in [0.2, 0.25) is 0 Å². The van der Waals surface area contributed by atoms with Crippen LogP contribution in [-0.4, -0.2) is 33.7 Å². The maximum atomic E-state index is 10.0. The zero-order valence-corrected chi connectivity index (χ0v) is 19.2. The molecule has 0 saturated heterocycles. The summed E-state index contributed by atoms with van der Waals surface area (Å²) in [5.41, 5.74) is 0.932. The zero-order chi connectivity index (χ0) is 19.0. The number of benzene rings is 1. The van der Waals surface area contributed by atoms with Crippen LogP contribution >= 0.6 is 0 Å². The van der Waals surface area contributed by atoms with Crippen molar-refractivity contribution >= 4 is 0 Å². The number of aromatic nitrogens is 4. The number of unbranched alkanes of at least 4 members (excludes halogenated alkanes) is 2. The Kier molecular flexibility index (Phi) is 10.1. The number of tetrazole rings is 1. The van der Waals surface area contributed by atoms with Crippen LogP contribution in [0.1, 0.15) is 64.8 Å². The van der Waals surface area contributed by atoms with Crippen molar-refractivity contribution in [2.45, 2.75) is 65.2 Å². The Hall–Kier alpha value is -1.31. The minimum atomic E-state index is -0.110. The third-order valence-electron chi connectivity index (χ3n) is 4.45. The standard InChI is InChI=1S/C19H29N4O3.Na/c1-5-14-12-17(25-6-2)15(24)13-16(14)26-11-9-7-8-10-19(3,4)18-20-22-23-21-18;/h12-13H,5-11H2,1-4H3,(H-,20,21,22,23,24);/q-1;+1. The molecule has 1 aromatic carbocycles. The van der Waals surface area contributed by atoms with E-state index in [0.29, 0.717) is 24.8 Å². The van der Waals surface area contributed by atoms with Crippen molar-refractivity contribution in [3.05, 3.63) is 23.5 Å². The van der Waals surface area contributed by atoms with Crippen molar-refractivity contribution in [3.63, 3.8) is 0 Å². The normalized spacial score (nSPS) is 11.1. The Balaban J connectivity index is 0.00000364. The molecule has 1 heterocycles. The van der Waals surface area contributed by atoms with Crippen LogP contribution < -0.4 is 44.2 Å². The monoisotopic (exact) mass is 384 g/mol. The Labute approximate surface area is 183 Å². The Morgan fingerprint density at radius 1 is 1.07 bits per heavy atom. The van der Waals surface area contributed by atoms with E-state index in [9.17, 15) is 5.11 Å². The number of hydrogen-bond acceptors (Lipinski definition) is 6. The molecule has 0 radical (unpaired) electrons. The summed E-state index contributed by atoms with van der Waals surface area (Å²) in [7, 11) is 0. The predicted molar refractivity (Wildman–Crippen MR) is 98.8 cm³/mol. The van der Waals surface area contributed by atoms with E-state index < -0.39 is 0 Å². The molecular weight excluding hydrogens is 355 g/mol. The molecule has 0 fully saturated rings. The van der Waals surface area contributed by atoms with Gasteiger partial charge in [-0.25, -0.2) is 0 Å². The van der Waals surface area contributed by atoms with Gasteiger partial charge < -0.3 is 19.7 Å². The van der Waals surface area contributed by atoms with Gasteiger partial charge in [-0.05, 0) is 37.8 Å². The number of hydrogen-bond donors (Lipinski definition) is 1. The van der Waals surface area contributed by atoms with Gasteiger partial charge in [-0.3, -0.25) is 15.5 Å². The summed E-state index contributed by atoms with van der Waals surface area (Å²) in [6, 6.07) is 3.51. The van der Waals surface area contributed by atoms with E-state index in [1.165, 1.54) is 0 Å². The summed E-state index contributed by atoms with van der Waals surface area (Å²) in [5, 5.41) is 25.1. The van der Waals surface area contributed by atoms with Gasteiger partial charge in [0.15, 0.2) is 11.5 Å². The Morgan fingerprint density at radius 3 is 2.48 bits per heavy atom. The van der Waals surface area contributed by atoms with E-state index in [2.05, 4.69) is 41.4 Å². The van der Waals surface area contributed by atoms with E-state index in [4.69, 9.17) is 9.47 Å². The van der Waals surface area contributed by atoms with Gasteiger partial charge in [0, 0.05) is 17.3 Å². The fraction of sp³-hybridized carbons (Fsp3) is 0.632. The second-order valence-corrected chi connectivity index (χ2v) is 6.96. The molecule has 0 spiro atoms. The summed E-state index contributed by atoms with van der Waals surface area (Å²) >= 11 is 0. The molecule has 2 rings (SSSR count). The molecular formula is C19H29N4NaO3. The smallest absolute Gasteiger partial charge is 0.504 e. The Morgan fingerprint density at radius 2 is 1.85 bits per heavy atom. The van der Waals surface area contributed by atoms with Crippen molar-refractivity contribution < 1.29 is 44.1 Å². The van der Waals surface area contributed by atoms with Crippen molar-refractivity contribution in [1.29, 1.82) is 0 Å². The second-order valence-electron chi connectivity index (χ2n) is 6.96. The minimum Gasteiger partial charge on any atom is -0.504 e. The van der Waals surface area contributed by atoms with E-state index >= 15 is 0 Å². The van der Waals surface area contributed by atoms with Crippen LogP contribution in [0.2, 0.25) is 0 Å². The fourth-order valence-electron chi connectivity index (χ4n) is 2.83. The summed E-state index contributed by atoms with van der Waals surface area (Å²) in [6.07, 6.45) is 4.86. The largest absolute Gasteiger partial charge is 1.00 e. The first-order valence-corrected chi connectivity index (χ1v) is 9.28. The topological polar surface area (TPSA) is 91.5 Å². The molecule has 27 heavy (non-hydrogen) atoms. The first-order valence-electron chi connectivity index (χ1n) is 9.28. The number of phenolic OH excluding ortho intramolecular Hbond substituents is 1. The molecule has 1 aromatic heterocycles. The summed E-state index contributed by atoms with van der Waals surface area (Å²) in [4.78, 5) is 0. The van der Waals surface area contributed by atoms with E-state index in [-0.39, 0.29) is 40.7 Å². The number of aromatic hydroxyl groups is 1. The van der Waals surface area contributed by atoms with Crippen LogP contribution in [0.25, 0.3) is 0 Å². The van der Waals surface area contributed by atoms with Crippen molar-refractivity contribution in [1.82, 2.24) is 20.6 Å². The van der Waals surface area contributed by atoms with Crippen LogP contribution in [0.4, 0.5) is 0 Å². The maximum Gasteiger partial charge on any atom is 1.00 e. The van der Waals surface area contributed by atoms with Crippen molar-refractivity contribution in [3.8, 4) is 17.2 Å². The first-order chi connectivity index (χ1) is 12.5. The third-order valence-corrected chi connectivity index (χ3v) is 4.45. The minimum absolute atomic E-state index is 0. The molecule has 0 aliphatic carbocycles. The van der Waals surface area contributed by atoms with E-state index in [1.807, 2.05) is 13.0 Å². The summed E-state index contributed by atoms with van der Waals surface area (Å²) in [5.74, 6) is 2.07. The second kappa shape index (κ2) is 11.5. The van der Waals surface area contributed by atoms with Gasteiger partial charge in [0.25, 0.3) is 0 Å². The van der Waals surface area contributed by atoms with Crippen LogP contribution in [-0.2, 0) is 11.8 Å². The predicted octanol–water partition coefficient (Wildman–Crippen LogP) is 0.417. The molecule has 144 valence electrons. The average molecular weight is 384 g/mol. The maximum absolute atomic E-state index is 10.0. The van der Waals surface area contributed by atoms with Gasteiger partial charge in [-0.2, -0.15) is 0 Å². The number of aryl methyl sites for hydroxylation is 1. The Bertz CT molecular complexity index is 678. The third kappa shape index (κ3) is 6.97. The van der Waals surface area contributed by atoms with Gasteiger partial charge in [-0.15, -0.1) is 0 Å². The van der Waals surface area contributed by atoms with E-state index in [1.54, 1.807) is 6.07 Å². The molecule has 0 saturated carbocycles. The molecule has 0 atom stereocenters. The summed E-state index contributed by atoms with van der Waals surface area (Å²) in [6.45, 7) is 9.32. The van der Waals surface area contributed by atoms with Crippen LogP contribution in [0, 0.1) is 0 Å². The zero-order valence-electron chi connectivity index (χ0n) is 17.2. The molecule has 2 aromatic rings. The first kappa shape index (κ1) is 23.7. The average Bonchev–Trinajstić information content (AvgIpc) is 3.15. The van der Waals surface area contributed by atoms with Gasteiger partial charge >= 0.3 is 29.6 Å².